The molecule has 1 saturated heterocycles. The largest absolute Gasteiger partial charge is 0.351 e. The molecule has 0 aliphatic carbocycles. The Morgan fingerprint density at radius 1 is 1.00 bits per heavy atom. The molecule has 4 aromatic rings. The number of halogens is 1. The zero-order chi connectivity index (χ0) is 23.8. The molecule has 3 heterocycles. The first-order valence-corrected chi connectivity index (χ1v) is 11.9. The van der Waals surface area contributed by atoms with Crippen molar-refractivity contribution < 1.29 is 4.39 Å². The fourth-order valence-electron chi connectivity index (χ4n) is 4.93. The van der Waals surface area contributed by atoms with Gasteiger partial charge in [-0.1, -0.05) is 37.3 Å². The topological polar surface area (TPSA) is 33.1 Å². The van der Waals surface area contributed by atoms with Gasteiger partial charge in [0.1, 0.15) is 5.82 Å². The molecule has 34 heavy (non-hydrogen) atoms. The number of aryl methyl sites for hydroxylation is 2. The minimum absolute atomic E-state index is 0.137. The average molecular weight is 471 g/mol. The molecule has 2 aromatic carbocycles. The maximum atomic E-state index is 14.8. The molecule has 0 saturated carbocycles. The lowest BCUT2D eigenvalue weighted by atomic mass is 9.96. The van der Waals surface area contributed by atoms with E-state index < -0.39 is 0 Å². The quantitative estimate of drug-likeness (QED) is 0.344. The van der Waals surface area contributed by atoms with Crippen LogP contribution in [0.15, 0.2) is 79.0 Å². The van der Waals surface area contributed by atoms with Crippen molar-refractivity contribution >= 4 is 23.0 Å². The van der Waals surface area contributed by atoms with Gasteiger partial charge in [0, 0.05) is 23.3 Å². The molecule has 1 N–H and O–H groups in total. The van der Waals surface area contributed by atoms with Crippen LogP contribution in [-0.4, -0.2) is 14.7 Å². The highest BCUT2D eigenvalue weighted by Gasteiger charge is 2.42. The number of aromatic nitrogens is 2. The van der Waals surface area contributed by atoms with Crippen LogP contribution in [0.2, 0.25) is 0 Å². The van der Waals surface area contributed by atoms with E-state index in [1.807, 2.05) is 48.7 Å². The van der Waals surface area contributed by atoms with Crippen molar-refractivity contribution in [3.05, 3.63) is 113 Å². The van der Waals surface area contributed by atoms with E-state index in [2.05, 4.69) is 52.5 Å². The molecule has 0 spiro atoms. The average Bonchev–Trinajstić information content (AvgIpc) is 3.35. The van der Waals surface area contributed by atoms with Gasteiger partial charge in [0.25, 0.3) is 0 Å². The van der Waals surface area contributed by atoms with E-state index in [0.29, 0.717) is 10.8 Å². The Balaban J connectivity index is 1.68. The van der Waals surface area contributed by atoms with Gasteiger partial charge in [-0.2, -0.15) is 0 Å². The SMILES string of the molecule is CCc1ccc(N2C(=S)NC(c3ccccn3)C2c2cc(C)n(-c3ccccc3F)c2C)cc1. The van der Waals surface area contributed by atoms with Crippen LogP contribution in [-0.2, 0) is 6.42 Å². The summed E-state index contributed by atoms with van der Waals surface area (Å²) in [7, 11) is 0. The van der Waals surface area contributed by atoms with Crippen LogP contribution in [0.1, 0.15) is 47.2 Å². The number of anilines is 1. The van der Waals surface area contributed by atoms with E-state index >= 15 is 0 Å². The summed E-state index contributed by atoms with van der Waals surface area (Å²) in [6, 6.07) is 23.2. The zero-order valence-electron chi connectivity index (χ0n) is 19.5. The first-order valence-electron chi connectivity index (χ1n) is 11.5. The smallest absolute Gasteiger partial charge is 0.174 e. The van der Waals surface area contributed by atoms with Crippen LogP contribution >= 0.6 is 12.2 Å². The van der Waals surface area contributed by atoms with Crippen LogP contribution in [0.4, 0.5) is 10.1 Å². The molecule has 1 aliphatic heterocycles. The van der Waals surface area contributed by atoms with Crippen molar-refractivity contribution in [2.75, 3.05) is 4.90 Å². The molecule has 6 heteroatoms. The number of nitrogens with zero attached hydrogens (tertiary/aromatic N) is 3. The van der Waals surface area contributed by atoms with Gasteiger partial charge < -0.3 is 14.8 Å². The number of hydrogen-bond donors (Lipinski definition) is 1. The van der Waals surface area contributed by atoms with Gasteiger partial charge in [-0.05, 0) is 86.1 Å². The van der Waals surface area contributed by atoms with Gasteiger partial charge in [0.15, 0.2) is 5.11 Å². The summed E-state index contributed by atoms with van der Waals surface area (Å²) in [5.41, 5.74) is 6.80. The number of rotatable bonds is 5. The van der Waals surface area contributed by atoms with Crippen LogP contribution in [0.3, 0.4) is 0 Å². The first-order chi connectivity index (χ1) is 16.5. The summed E-state index contributed by atoms with van der Waals surface area (Å²) < 4.78 is 16.8. The van der Waals surface area contributed by atoms with Gasteiger partial charge in [-0.25, -0.2) is 4.39 Å². The Hall–Kier alpha value is -3.51. The first kappa shape index (κ1) is 22.3. The monoisotopic (exact) mass is 470 g/mol. The van der Waals surface area contributed by atoms with Crippen LogP contribution in [0.5, 0.6) is 0 Å². The molecule has 1 aliphatic rings. The molecule has 1 fully saturated rings. The molecule has 4 nitrogen and oxygen atoms in total. The summed E-state index contributed by atoms with van der Waals surface area (Å²) in [6.07, 6.45) is 2.78. The summed E-state index contributed by atoms with van der Waals surface area (Å²) in [4.78, 5) is 6.81. The Morgan fingerprint density at radius 3 is 2.41 bits per heavy atom. The van der Waals surface area contributed by atoms with Crippen molar-refractivity contribution in [3.63, 3.8) is 0 Å². The maximum absolute atomic E-state index is 14.8. The lowest BCUT2D eigenvalue weighted by Gasteiger charge is -2.28. The summed E-state index contributed by atoms with van der Waals surface area (Å²) in [6.45, 7) is 6.21. The lowest BCUT2D eigenvalue weighted by molar-refractivity contribution is 0.564. The van der Waals surface area contributed by atoms with Crippen molar-refractivity contribution in [1.29, 1.82) is 0 Å². The summed E-state index contributed by atoms with van der Waals surface area (Å²) in [5.74, 6) is -0.246. The maximum Gasteiger partial charge on any atom is 0.174 e. The molecular formula is C28H27FN4S. The molecular weight excluding hydrogens is 443 g/mol. The number of benzene rings is 2. The van der Waals surface area contributed by atoms with E-state index in [9.17, 15) is 4.39 Å². The second kappa shape index (κ2) is 9.03. The minimum atomic E-state index is -0.246. The van der Waals surface area contributed by atoms with Gasteiger partial charge in [0.2, 0.25) is 0 Å². The van der Waals surface area contributed by atoms with E-state index in [0.717, 1.165) is 34.8 Å². The lowest BCUT2D eigenvalue weighted by Crippen LogP contribution is -2.29. The molecule has 172 valence electrons. The van der Waals surface area contributed by atoms with Gasteiger partial charge >= 0.3 is 0 Å². The number of pyridine rings is 1. The van der Waals surface area contributed by atoms with Crippen molar-refractivity contribution in [2.45, 2.75) is 39.3 Å². The normalized spacial score (nSPS) is 17.8. The second-order valence-electron chi connectivity index (χ2n) is 8.63. The van der Waals surface area contributed by atoms with Crippen LogP contribution < -0.4 is 10.2 Å². The fraction of sp³-hybridized carbons (Fsp3) is 0.214. The van der Waals surface area contributed by atoms with E-state index in [4.69, 9.17) is 12.2 Å². The third-order valence-corrected chi connectivity index (χ3v) is 6.92. The molecule has 2 aromatic heterocycles. The van der Waals surface area contributed by atoms with Crippen molar-refractivity contribution in [3.8, 4) is 5.69 Å². The molecule has 5 rings (SSSR count). The number of hydrogen-bond acceptors (Lipinski definition) is 2. The standard InChI is InChI=1S/C28H27FN4S/c1-4-20-12-14-21(15-13-20)33-27(26(31-28(33)34)24-10-7-8-16-30-24)22-17-18(2)32(19(22)3)25-11-6-5-9-23(25)29/h5-17,26-27H,4H2,1-3H3,(H,31,34). The molecule has 0 amide bonds. The predicted octanol–water partition coefficient (Wildman–Crippen LogP) is 6.37. The Kier molecular flexibility index (Phi) is 5.92. The number of para-hydroxylation sites is 1. The fourth-order valence-corrected chi connectivity index (χ4v) is 5.28. The van der Waals surface area contributed by atoms with Crippen molar-refractivity contribution in [1.82, 2.24) is 14.9 Å². The zero-order valence-corrected chi connectivity index (χ0v) is 20.3. The Bertz CT molecular complexity index is 1330. The highest BCUT2D eigenvalue weighted by Crippen LogP contribution is 2.43. The van der Waals surface area contributed by atoms with Gasteiger partial charge in [-0.3, -0.25) is 4.98 Å². The predicted molar refractivity (Wildman–Crippen MR) is 139 cm³/mol. The molecule has 0 bridgehead atoms. The minimum Gasteiger partial charge on any atom is -0.351 e. The van der Waals surface area contributed by atoms with Gasteiger partial charge in [-0.15, -0.1) is 0 Å². The summed E-state index contributed by atoms with van der Waals surface area (Å²) >= 11 is 5.86. The third kappa shape index (κ3) is 3.78. The second-order valence-corrected chi connectivity index (χ2v) is 9.02. The molecule has 2 atom stereocenters. The third-order valence-electron chi connectivity index (χ3n) is 6.60. The van der Waals surface area contributed by atoms with Crippen LogP contribution in [0, 0.1) is 19.7 Å². The van der Waals surface area contributed by atoms with E-state index in [1.165, 1.54) is 11.6 Å². The Morgan fingerprint density at radius 2 is 1.74 bits per heavy atom. The number of thiocarbonyl (C=S) groups is 1. The number of nitrogens with one attached hydrogen (secondary N) is 1. The van der Waals surface area contributed by atoms with E-state index in [1.54, 1.807) is 12.3 Å². The highest BCUT2D eigenvalue weighted by molar-refractivity contribution is 7.80. The Labute approximate surface area is 205 Å². The van der Waals surface area contributed by atoms with Crippen molar-refractivity contribution in [2.24, 2.45) is 0 Å². The van der Waals surface area contributed by atoms with Crippen LogP contribution in [0.25, 0.3) is 5.69 Å². The molecule has 2 unspecified atom stereocenters. The molecule has 0 radical (unpaired) electrons. The summed E-state index contributed by atoms with van der Waals surface area (Å²) in [5, 5.41) is 4.17. The van der Waals surface area contributed by atoms with Gasteiger partial charge in [0.05, 0.1) is 23.5 Å². The highest BCUT2D eigenvalue weighted by atomic mass is 32.1. The van der Waals surface area contributed by atoms with E-state index in [-0.39, 0.29) is 17.9 Å².